The van der Waals surface area contributed by atoms with Gasteiger partial charge in [0.2, 0.25) is 0 Å². The van der Waals surface area contributed by atoms with Crippen molar-refractivity contribution in [3.63, 3.8) is 0 Å². The van der Waals surface area contributed by atoms with Crippen LogP contribution in [0.5, 0.6) is 5.75 Å². The number of carbonyl (C=O) groups excluding carboxylic acids is 1. The third-order valence-electron chi connectivity index (χ3n) is 2.74. The minimum Gasteiger partial charge on any atom is -0.488 e. The molecule has 0 aliphatic heterocycles. The van der Waals surface area contributed by atoms with Crippen LogP contribution >= 0.6 is 11.6 Å². The summed E-state index contributed by atoms with van der Waals surface area (Å²) in [5.41, 5.74) is 0.685. The second kappa shape index (κ2) is 6.01. The van der Waals surface area contributed by atoms with E-state index in [0.29, 0.717) is 5.56 Å². The quantitative estimate of drug-likeness (QED) is 0.782. The van der Waals surface area contributed by atoms with Gasteiger partial charge < -0.3 is 4.74 Å². The first kappa shape index (κ1) is 14.5. The molecule has 0 bridgehead atoms. The van der Waals surface area contributed by atoms with Gasteiger partial charge in [-0.15, -0.1) is 0 Å². The fourth-order valence-corrected chi connectivity index (χ4v) is 1.90. The molecule has 2 nitrogen and oxygen atoms in total. The van der Waals surface area contributed by atoms with E-state index < -0.39 is 11.6 Å². The first-order chi connectivity index (χ1) is 9.49. The van der Waals surface area contributed by atoms with Crippen molar-refractivity contribution in [3.05, 3.63) is 64.2 Å². The maximum atomic E-state index is 13.3. The summed E-state index contributed by atoms with van der Waals surface area (Å²) in [7, 11) is 0. The summed E-state index contributed by atoms with van der Waals surface area (Å²) in [5, 5.41) is -0.0479. The highest BCUT2D eigenvalue weighted by molar-refractivity contribution is 6.31. The Morgan fingerprint density at radius 3 is 2.70 bits per heavy atom. The number of hydrogen-bond acceptors (Lipinski definition) is 2. The number of benzene rings is 2. The Balaban J connectivity index is 2.24. The maximum absolute atomic E-state index is 13.3. The van der Waals surface area contributed by atoms with Crippen LogP contribution in [-0.4, -0.2) is 5.78 Å². The Morgan fingerprint density at radius 1 is 1.25 bits per heavy atom. The van der Waals surface area contributed by atoms with E-state index in [0.717, 1.165) is 6.07 Å². The van der Waals surface area contributed by atoms with Crippen LogP contribution in [-0.2, 0) is 6.61 Å². The number of ether oxygens (including phenoxy) is 1. The van der Waals surface area contributed by atoms with Crippen molar-refractivity contribution < 1.29 is 18.3 Å². The van der Waals surface area contributed by atoms with Gasteiger partial charge in [-0.25, -0.2) is 8.78 Å². The molecular weight excluding hydrogens is 286 g/mol. The van der Waals surface area contributed by atoms with Crippen molar-refractivity contribution in [2.45, 2.75) is 13.5 Å². The normalized spacial score (nSPS) is 10.4. The molecule has 20 heavy (non-hydrogen) atoms. The summed E-state index contributed by atoms with van der Waals surface area (Å²) in [6.07, 6.45) is 0. The fraction of sp³-hybridized carbons (Fsp3) is 0.133. The van der Waals surface area contributed by atoms with Crippen LogP contribution in [0.4, 0.5) is 8.78 Å². The third kappa shape index (κ3) is 3.14. The van der Waals surface area contributed by atoms with Crippen LogP contribution in [0.3, 0.4) is 0 Å². The fourth-order valence-electron chi connectivity index (χ4n) is 1.72. The van der Waals surface area contributed by atoms with E-state index in [9.17, 15) is 13.6 Å². The highest BCUT2D eigenvalue weighted by atomic mass is 35.5. The molecule has 0 saturated heterocycles. The third-order valence-corrected chi connectivity index (χ3v) is 3.16. The lowest BCUT2D eigenvalue weighted by atomic mass is 10.1. The second-order valence-electron chi connectivity index (χ2n) is 4.20. The average molecular weight is 297 g/mol. The van der Waals surface area contributed by atoms with Gasteiger partial charge in [-0.3, -0.25) is 4.79 Å². The van der Waals surface area contributed by atoms with E-state index >= 15 is 0 Å². The van der Waals surface area contributed by atoms with Gasteiger partial charge in [0.1, 0.15) is 24.0 Å². The molecule has 5 heteroatoms. The number of hydrogen-bond donors (Lipinski definition) is 0. The Bertz CT molecular complexity index is 656. The van der Waals surface area contributed by atoms with Crippen molar-refractivity contribution in [3.8, 4) is 5.75 Å². The monoisotopic (exact) mass is 296 g/mol. The molecule has 0 aliphatic rings. The van der Waals surface area contributed by atoms with E-state index in [-0.39, 0.29) is 28.7 Å². The van der Waals surface area contributed by atoms with E-state index in [1.165, 1.54) is 31.2 Å². The van der Waals surface area contributed by atoms with Crippen LogP contribution in [0.2, 0.25) is 5.02 Å². The molecule has 0 heterocycles. The molecule has 0 aromatic heterocycles. The van der Waals surface area contributed by atoms with E-state index in [1.807, 2.05) is 0 Å². The van der Waals surface area contributed by atoms with E-state index in [4.69, 9.17) is 16.3 Å². The van der Waals surface area contributed by atoms with Gasteiger partial charge in [-0.05, 0) is 25.1 Å². The molecule has 0 amide bonds. The summed E-state index contributed by atoms with van der Waals surface area (Å²) in [6, 6.07) is 7.97. The van der Waals surface area contributed by atoms with Crippen molar-refractivity contribution in [1.29, 1.82) is 0 Å². The molecular formula is C15H11ClF2O2. The zero-order chi connectivity index (χ0) is 14.7. The molecule has 0 radical (unpaired) electrons. The SMILES string of the molecule is CC(=O)c1ccc(F)cc1OCc1cccc(F)c1Cl. The topological polar surface area (TPSA) is 26.3 Å². The van der Waals surface area contributed by atoms with Gasteiger partial charge >= 0.3 is 0 Å². The molecule has 104 valence electrons. The number of Topliss-reactive ketones (excluding diaryl/α,β-unsaturated/α-hetero) is 1. The highest BCUT2D eigenvalue weighted by Gasteiger charge is 2.12. The van der Waals surface area contributed by atoms with Gasteiger partial charge in [-0.1, -0.05) is 23.7 Å². The number of ketones is 1. The Labute approximate surface area is 119 Å². The lowest BCUT2D eigenvalue weighted by molar-refractivity contribution is 0.101. The van der Waals surface area contributed by atoms with Crippen LogP contribution < -0.4 is 4.74 Å². The van der Waals surface area contributed by atoms with Crippen molar-refractivity contribution >= 4 is 17.4 Å². The molecule has 0 aliphatic carbocycles. The second-order valence-corrected chi connectivity index (χ2v) is 4.58. The van der Waals surface area contributed by atoms with Gasteiger partial charge in [0, 0.05) is 11.6 Å². The summed E-state index contributed by atoms with van der Waals surface area (Å²) < 4.78 is 31.9. The van der Waals surface area contributed by atoms with Gasteiger partial charge in [-0.2, -0.15) is 0 Å². The Hall–Kier alpha value is -1.94. The van der Waals surface area contributed by atoms with Crippen LogP contribution in [0.25, 0.3) is 0 Å². The molecule has 2 aromatic rings. The van der Waals surface area contributed by atoms with Crippen molar-refractivity contribution in [1.82, 2.24) is 0 Å². The molecule has 0 N–H and O–H groups in total. The molecule has 0 spiro atoms. The number of rotatable bonds is 4. The zero-order valence-corrected chi connectivity index (χ0v) is 11.4. The maximum Gasteiger partial charge on any atom is 0.163 e. The zero-order valence-electron chi connectivity index (χ0n) is 10.6. The lowest BCUT2D eigenvalue weighted by Crippen LogP contribution is -2.03. The first-order valence-corrected chi connectivity index (χ1v) is 6.23. The number of carbonyl (C=O) groups is 1. The van der Waals surface area contributed by atoms with Gasteiger partial charge in [0.15, 0.2) is 5.78 Å². The minimum atomic E-state index is -0.557. The van der Waals surface area contributed by atoms with E-state index in [2.05, 4.69) is 0 Å². The average Bonchev–Trinajstić information content (AvgIpc) is 2.40. The molecule has 2 aromatic carbocycles. The van der Waals surface area contributed by atoms with Crippen LogP contribution in [0, 0.1) is 11.6 Å². The summed E-state index contributed by atoms with van der Waals surface area (Å²) in [6.45, 7) is 1.30. The lowest BCUT2D eigenvalue weighted by Gasteiger charge is -2.11. The van der Waals surface area contributed by atoms with Gasteiger partial charge in [0.05, 0.1) is 10.6 Å². The predicted molar refractivity (Wildman–Crippen MR) is 72.1 cm³/mol. The standard InChI is InChI=1S/C15H11ClF2O2/c1-9(19)12-6-5-11(17)7-14(12)20-8-10-3-2-4-13(18)15(10)16/h2-7H,8H2,1H3. The number of halogens is 3. The van der Waals surface area contributed by atoms with Gasteiger partial charge in [0.25, 0.3) is 0 Å². The Kier molecular flexibility index (Phi) is 4.35. The molecule has 0 atom stereocenters. The van der Waals surface area contributed by atoms with E-state index in [1.54, 1.807) is 6.07 Å². The smallest absolute Gasteiger partial charge is 0.163 e. The first-order valence-electron chi connectivity index (χ1n) is 5.85. The molecule has 0 saturated carbocycles. The van der Waals surface area contributed by atoms with Crippen molar-refractivity contribution in [2.75, 3.05) is 0 Å². The van der Waals surface area contributed by atoms with Crippen LogP contribution in [0.1, 0.15) is 22.8 Å². The Morgan fingerprint density at radius 2 is 2.00 bits per heavy atom. The summed E-state index contributed by atoms with van der Waals surface area (Å²) >= 11 is 5.80. The highest BCUT2D eigenvalue weighted by Crippen LogP contribution is 2.24. The molecule has 0 unspecified atom stereocenters. The largest absolute Gasteiger partial charge is 0.488 e. The summed E-state index contributed by atoms with van der Waals surface area (Å²) in [4.78, 5) is 11.4. The minimum absolute atomic E-state index is 0.0479. The predicted octanol–water partition coefficient (Wildman–Crippen LogP) is 4.40. The molecule has 0 fully saturated rings. The molecule has 2 rings (SSSR count). The summed E-state index contributed by atoms with van der Waals surface area (Å²) in [5.74, 6) is -1.21. The van der Waals surface area contributed by atoms with Crippen molar-refractivity contribution in [2.24, 2.45) is 0 Å². The van der Waals surface area contributed by atoms with Crippen LogP contribution in [0.15, 0.2) is 36.4 Å².